The summed E-state index contributed by atoms with van der Waals surface area (Å²) in [7, 11) is 4.65. The number of carbonyl (C=O) groups excluding carboxylic acids is 1. The molecule has 1 aromatic heterocycles. The molecule has 4 rings (SSSR count). The summed E-state index contributed by atoms with van der Waals surface area (Å²) in [6.07, 6.45) is 0.0859. The molecule has 0 bridgehead atoms. The van der Waals surface area contributed by atoms with Gasteiger partial charge >= 0.3 is 0 Å². The Balaban J connectivity index is 1.75. The number of amides is 1. The molecule has 3 aromatic rings. The predicted octanol–water partition coefficient (Wildman–Crippen LogP) is 2.62. The minimum absolute atomic E-state index is 0.0673. The molecule has 10 heteroatoms. The number of carbonyl (C=O) groups is 1. The lowest BCUT2D eigenvalue weighted by Crippen LogP contribution is -2.43. The molecule has 0 N–H and O–H groups in total. The van der Waals surface area contributed by atoms with Gasteiger partial charge in [-0.2, -0.15) is 0 Å². The Morgan fingerprint density at radius 3 is 2.27 bits per heavy atom. The molecule has 10 nitrogen and oxygen atoms in total. The lowest BCUT2D eigenvalue weighted by molar-refractivity contribution is -0.136. The topological polar surface area (TPSA) is 101 Å². The number of benzene rings is 2. The average molecular weight is 453 g/mol. The normalized spacial score (nSPS) is 15.4. The maximum Gasteiger partial charge on any atom is 0.245 e. The molecule has 1 amide bonds. The van der Waals surface area contributed by atoms with Gasteiger partial charge in [0.15, 0.2) is 17.3 Å². The minimum atomic E-state index is -0.540. The van der Waals surface area contributed by atoms with Gasteiger partial charge in [0.05, 0.1) is 27.4 Å². The van der Waals surface area contributed by atoms with Crippen LogP contribution in [0.5, 0.6) is 23.0 Å². The molecule has 1 unspecified atom stereocenters. The van der Waals surface area contributed by atoms with E-state index in [4.69, 9.17) is 18.9 Å². The van der Waals surface area contributed by atoms with Crippen molar-refractivity contribution < 1.29 is 23.7 Å². The Labute approximate surface area is 192 Å². The maximum atomic E-state index is 13.2. The summed E-state index contributed by atoms with van der Waals surface area (Å²) in [5.41, 5.74) is 1.70. The number of ether oxygens (including phenoxy) is 4. The van der Waals surface area contributed by atoms with Crippen molar-refractivity contribution in [2.24, 2.45) is 0 Å². The molecule has 2 heterocycles. The summed E-state index contributed by atoms with van der Waals surface area (Å²) in [6, 6.07) is 10.8. The van der Waals surface area contributed by atoms with Crippen molar-refractivity contribution in [1.29, 1.82) is 0 Å². The highest BCUT2D eigenvalue weighted by molar-refractivity contribution is 5.78. The second kappa shape index (κ2) is 9.35. The van der Waals surface area contributed by atoms with E-state index in [1.54, 1.807) is 26.2 Å². The number of fused-ring (bicyclic) bond motifs is 1. The molecular formula is C23H27N5O5. The van der Waals surface area contributed by atoms with Gasteiger partial charge in [-0.05, 0) is 59.7 Å². The first-order valence-electron chi connectivity index (χ1n) is 10.6. The lowest BCUT2D eigenvalue weighted by Gasteiger charge is -2.35. The Kier molecular flexibility index (Phi) is 6.34. The molecule has 0 radical (unpaired) electrons. The van der Waals surface area contributed by atoms with Gasteiger partial charge in [-0.1, -0.05) is 12.1 Å². The number of tetrazole rings is 1. The first kappa shape index (κ1) is 22.4. The fourth-order valence-electron chi connectivity index (χ4n) is 3.93. The average Bonchev–Trinajstić information content (AvgIpc) is 3.27. The van der Waals surface area contributed by atoms with E-state index in [2.05, 4.69) is 15.5 Å². The van der Waals surface area contributed by atoms with Crippen molar-refractivity contribution in [2.45, 2.75) is 39.1 Å². The molecule has 1 aliphatic rings. The van der Waals surface area contributed by atoms with Gasteiger partial charge in [-0.15, -0.1) is 5.10 Å². The lowest BCUT2D eigenvalue weighted by atomic mass is 10.00. The summed E-state index contributed by atoms with van der Waals surface area (Å²) < 4.78 is 23.7. The predicted molar refractivity (Wildman–Crippen MR) is 119 cm³/mol. The van der Waals surface area contributed by atoms with Crippen LogP contribution >= 0.6 is 0 Å². The van der Waals surface area contributed by atoms with Crippen LogP contribution in [0.1, 0.15) is 36.8 Å². The zero-order chi connectivity index (χ0) is 23.5. The fraction of sp³-hybridized carbons (Fsp3) is 0.391. The summed E-state index contributed by atoms with van der Waals surface area (Å²) in [5.74, 6) is 2.68. The van der Waals surface area contributed by atoms with Crippen molar-refractivity contribution in [3.05, 3.63) is 53.3 Å². The molecule has 0 aliphatic carbocycles. The first-order valence-corrected chi connectivity index (χ1v) is 10.6. The molecule has 174 valence electrons. The van der Waals surface area contributed by atoms with E-state index < -0.39 is 6.04 Å². The zero-order valence-corrected chi connectivity index (χ0v) is 19.3. The van der Waals surface area contributed by atoms with E-state index >= 15 is 0 Å². The largest absolute Gasteiger partial charge is 0.493 e. The third-order valence-electron chi connectivity index (χ3n) is 5.37. The van der Waals surface area contributed by atoms with Gasteiger partial charge < -0.3 is 23.8 Å². The van der Waals surface area contributed by atoms with E-state index in [0.29, 0.717) is 29.6 Å². The zero-order valence-electron chi connectivity index (χ0n) is 19.3. The van der Waals surface area contributed by atoms with Crippen molar-refractivity contribution in [3.8, 4) is 23.0 Å². The monoisotopic (exact) mass is 453 g/mol. The third kappa shape index (κ3) is 4.41. The van der Waals surface area contributed by atoms with Crippen molar-refractivity contribution in [2.75, 3.05) is 21.3 Å². The smallest absolute Gasteiger partial charge is 0.245 e. The van der Waals surface area contributed by atoms with Gasteiger partial charge in [0.2, 0.25) is 11.7 Å². The number of hydrogen-bond acceptors (Lipinski definition) is 8. The van der Waals surface area contributed by atoms with E-state index in [-0.39, 0.29) is 18.6 Å². The Bertz CT molecular complexity index is 1100. The number of rotatable bonds is 8. The number of methoxy groups -OCH3 is 3. The molecule has 1 aliphatic heterocycles. The van der Waals surface area contributed by atoms with Gasteiger partial charge in [0, 0.05) is 6.54 Å². The molecule has 0 saturated carbocycles. The summed E-state index contributed by atoms with van der Waals surface area (Å²) in [5, 5.41) is 12.0. The summed E-state index contributed by atoms with van der Waals surface area (Å²) in [6.45, 7) is 4.39. The maximum absolute atomic E-state index is 13.2. The highest BCUT2D eigenvalue weighted by Gasteiger charge is 2.37. The van der Waals surface area contributed by atoms with Gasteiger partial charge in [-0.3, -0.25) is 4.79 Å². The second-order valence-electron chi connectivity index (χ2n) is 7.89. The van der Waals surface area contributed by atoms with Crippen LogP contribution in [0.15, 0.2) is 36.4 Å². The SMILES string of the molecule is COc1cc(C2c3nnnn3CC(=O)N2Cc2ccc(OC(C)C)cc2)cc(OC)c1OC. The fourth-order valence-corrected chi connectivity index (χ4v) is 3.93. The van der Waals surface area contributed by atoms with Gasteiger partial charge in [-0.25, -0.2) is 4.68 Å². The quantitative estimate of drug-likeness (QED) is 0.513. The molecule has 1 atom stereocenters. The van der Waals surface area contributed by atoms with Crippen LogP contribution in [-0.4, -0.2) is 58.4 Å². The van der Waals surface area contributed by atoms with E-state index in [1.165, 1.54) is 4.68 Å². The van der Waals surface area contributed by atoms with Gasteiger partial charge in [0.1, 0.15) is 18.3 Å². The molecule has 0 saturated heterocycles. The molecule has 33 heavy (non-hydrogen) atoms. The van der Waals surface area contributed by atoms with E-state index in [9.17, 15) is 4.79 Å². The van der Waals surface area contributed by atoms with Crippen molar-refractivity contribution in [3.63, 3.8) is 0 Å². The Morgan fingerprint density at radius 1 is 1.03 bits per heavy atom. The first-order chi connectivity index (χ1) is 15.9. The standard InChI is InChI=1S/C23H27N5O5/c1-14(2)33-17-8-6-15(7-9-17)12-27-20(29)13-28-23(24-25-26-28)21(27)16-10-18(30-3)22(32-5)19(11-16)31-4/h6-11,14,21H,12-13H2,1-5H3. The Morgan fingerprint density at radius 2 is 1.70 bits per heavy atom. The van der Waals surface area contributed by atoms with Crippen LogP contribution in [0.4, 0.5) is 0 Å². The molecule has 0 spiro atoms. The van der Waals surface area contributed by atoms with Crippen LogP contribution in [0.3, 0.4) is 0 Å². The molecule has 0 fully saturated rings. The van der Waals surface area contributed by atoms with Crippen LogP contribution < -0.4 is 18.9 Å². The highest BCUT2D eigenvalue weighted by Crippen LogP contribution is 2.43. The molecular weight excluding hydrogens is 426 g/mol. The van der Waals surface area contributed by atoms with Crippen molar-refractivity contribution >= 4 is 5.91 Å². The number of nitrogens with zero attached hydrogens (tertiary/aromatic N) is 5. The Hall–Kier alpha value is -3.82. The minimum Gasteiger partial charge on any atom is -0.493 e. The second-order valence-corrected chi connectivity index (χ2v) is 7.89. The van der Waals surface area contributed by atoms with E-state index in [1.807, 2.05) is 50.2 Å². The van der Waals surface area contributed by atoms with Crippen molar-refractivity contribution in [1.82, 2.24) is 25.1 Å². The summed E-state index contributed by atoms with van der Waals surface area (Å²) in [4.78, 5) is 14.9. The van der Waals surface area contributed by atoms with Crippen LogP contribution in [0.2, 0.25) is 0 Å². The van der Waals surface area contributed by atoms with E-state index in [0.717, 1.165) is 16.9 Å². The third-order valence-corrected chi connectivity index (χ3v) is 5.37. The highest BCUT2D eigenvalue weighted by atomic mass is 16.5. The van der Waals surface area contributed by atoms with Gasteiger partial charge in [0.25, 0.3) is 0 Å². The van der Waals surface area contributed by atoms with Crippen LogP contribution in [0.25, 0.3) is 0 Å². The molecule has 2 aromatic carbocycles. The summed E-state index contributed by atoms with van der Waals surface area (Å²) >= 11 is 0. The van der Waals surface area contributed by atoms with Crippen LogP contribution in [0, 0.1) is 0 Å². The number of hydrogen-bond donors (Lipinski definition) is 0. The number of aromatic nitrogens is 4. The van der Waals surface area contributed by atoms with Crippen LogP contribution in [-0.2, 0) is 17.9 Å².